The van der Waals surface area contributed by atoms with Crippen molar-refractivity contribution in [2.75, 3.05) is 20.1 Å². The van der Waals surface area contributed by atoms with Crippen molar-refractivity contribution in [3.63, 3.8) is 0 Å². The van der Waals surface area contributed by atoms with Gasteiger partial charge in [0.2, 0.25) is 0 Å². The third-order valence-electron chi connectivity index (χ3n) is 6.13. The first kappa shape index (κ1) is 17.6. The Bertz CT molecular complexity index is 732. The fourth-order valence-corrected chi connectivity index (χ4v) is 4.64. The second-order valence-electron chi connectivity index (χ2n) is 7.58. The number of hydrogen-bond acceptors (Lipinski definition) is 4. The largest absolute Gasteiger partial charge is 0.442 e. The van der Waals surface area contributed by atoms with Gasteiger partial charge in [0, 0.05) is 44.2 Å². The molecular formula is C18H22F3N3O2. The van der Waals surface area contributed by atoms with E-state index in [1.165, 1.54) is 0 Å². The first-order valence-electron chi connectivity index (χ1n) is 8.92. The van der Waals surface area contributed by atoms with Crippen LogP contribution in [0.15, 0.2) is 12.1 Å². The molecule has 1 amide bonds. The van der Waals surface area contributed by atoms with Gasteiger partial charge in [-0.25, -0.2) is 18.0 Å². The van der Waals surface area contributed by atoms with Crippen molar-refractivity contribution in [1.82, 2.24) is 9.80 Å². The SMILES string of the molecule is CN1C(=O)O[C@@H]2CN([C@H]3CC[C@H](c4cc(F)c(F)cc4F)C(N)C3)C[C@@H]21. The van der Waals surface area contributed by atoms with Crippen molar-refractivity contribution < 1.29 is 22.7 Å². The lowest BCUT2D eigenvalue weighted by atomic mass is 9.77. The van der Waals surface area contributed by atoms with Crippen LogP contribution in [0.2, 0.25) is 0 Å². The van der Waals surface area contributed by atoms with Gasteiger partial charge in [-0.1, -0.05) is 0 Å². The lowest BCUT2D eigenvalue weighted by Gasteiger charge is -2.39. The lowest BCUT2D eigenvalue weighted by Crippen LogP contribution is -2.46. The molecule has 2 aliphatic heterocycles. The Morgan fingerprint density at radius 2 is 1.85 bits per heavy atom. The minimum Gasteiger partial charge on any atom is -0.442 e. The van der Waals surface area contributed by atoms with Crippen molar-refractivity contribution in [3.05, 3.63) is 35.1 Å². The Morgan fingerprint density at radius 1 is 1.12 bits per heavy atom. The smallest absolute Gasteiger partial charge is 0.410 e. The molecule has 3 aliphatic rings. The summed E-state index contributed by atoms with van der Waals surface area (Å²) >= 11 is 0. The van der Waals surface area contributed by atoms with Crippen LogP contribution in [0.25, 0.3) is 0 Å². The molecule has 1 aliphatic carbocycles. The van der Waals surface area contributed by atoms with E-state index in [1.54, 1.807) is 11.9 Å². The fraction of sp³-hybridized carbons (Fsp3) is 0.611. The number of fused-ring (bicyclic) bond motifs is 1. The predicted molar refractivity (Wildman–Crippen MR) is 88.1 cm³/mol. The van der Waals surface area contributed by atoms with Crippen LogP contribution in [0.5, 0.6) is 0 Å². The maximum atomic E-state index is 14.1. The summed E-state index contributed by atoms with van der Waals surface area (Å²) in [6, 6.07) is 1.46. The van der Waals surface area contributed by atoms with E-state index in [-0.39, 0.29) is 41.8 Å². The quantitative estimate of drug-likeness (QED) is 0.812. The normalized spacial score (nSPS) is 34.9. The molecule has 5 atom stereocenters. The van der Waals surface area contributed by atoms with Crippen molar-refractivity contribution >= 4 is 6.09 Å². The van der Waals surface area contributed by atoms with E-state index < -0.39 is 17.5 Å². The summed E-state index contributed by atoms with van der Waals surface area (Å²) < 4.78 is 46.2. The molecular weight excluding hydrogens is 347 g/mol. The molecule has 1 aromatic rings. The highest BCUT2D eigenvalue weighted by molar-refractivity contribution is 5.70. The Morgan fingerprint density at radius 3 is 2.54 bits per heavy atom. The van der Waals surface area contributed by atoms with Crippen molar-refractivity contribution in [3.8, 4) is 0 Å². The Kier molecular flexibility index (Phi) is 4.35. The molecule has 142 valence electrons. The van der Waals surface area contributed by atoms with Gasteiger partial charge >= 0.3 is 6.09 Å². The van der Waals surface area contributed by atoms with Gasteiger partial charge in [-0.05, 0) is 30.9 Å². The number of ether oxygens (including phenoxy) is 1. The zero-order valence-electron chi connectivity index (χ0n) is 14.5. The second-order valence-corrected chi connectivity index (χ2v) is 7.58. The van der Waals surface area contributed by atoms with Gasteiger partial charge in [-0.2, -0.15) is 0 Å². The number of halogens is 3. The maximum Gasteiger partial charge on any atom is 0.410 e. The minimum absolute atomic E-state index is 0.0556. The number of amides is 1. The fourth-order valence-electron chi connectivity index (χ4n) is 4.64. The summed E-state index contributed by atoms with van der Waals surface area (Å²) in [7, 11) is 1.74. The van der Waals surface area contributed by atoms with Gasteiger partial charge in [0.1, 0.15) is 11.9 Å². The number of hydrogen-bond donors (Lipinski definition) is 1. The number of benzene rings is 1. The van der Waals surface area contributed by atoms with Crippen molar-refractivity contribution in [2.24, 2.45) is 5.73 Å². The Hall–Kier alpha value is -1.80. The standard InChI is InChI=1S/C18H22F3N3O2/c1-23-16-7-24(8-17(16)26-18(23)25)9-2-3-10(15(22)4-9)11-5-13(20)14(21)6-12(11)19/h5-6,9-10,15-17H,2-4,7-8,22H2,1H3/t9-,10+,15?,16-,17+/m0/s1. The van der Waals surface area contributed by atoms with Gasteiger partial charge in [-0.15, -0.1) is 0 Å². The number of carbonyl (C=O) groups excluding carboxylic acids is 1. The molecule has 8 heteroatoms. The number of rotatable bonds is 2. The molecule has 0 aromatic heterocycles. The summed E-state index contributed by atoms with van der Waals surface area (Å²) in [6.45, 7) is 1.40. The molecule has 2 N–H and O–H groups in total. The van der Waals surface area contributed by atoms with E-state index in [1.807, 2.05) is 0 Å². The average molecular weight is 369 g/mol. The predicted octanol–water partition coefficient (Wildman–Crippen LogP) is 2.20. The summed E-state index contributed by atoms with van der Waals surface area (Å²) in [4.78, 5) is 15.5. The lowest BCUT2D eigenvalue weighted by molar-refractivity contribution is 0.102. The van der Waals surface area contributed by atoms with E-state index in [0.717, 1.165) is 19.0 Å². The molecule has 1 aromatic carbocycles. The molecule has 0 bridgehead atoms. The van der Waals surface area contributed by atoms with Crippen LogP contribution in [0.1, 0.15) is 30.7 Å². The Balaban J connectivity index is 1.43. The number of nitrogens with two attached hydrogens (primary N) is 1. The molecule has 0 radical (unpaired) electrons. The topological polar surface area (TPSA) is 58.8 Å². The van der Waals surface area contributed by atoms with Crippen molar-refractivity contribution in [1.29, 1.82) is 0 Å². The second kappa shape index (κ2) is 6.42. The van der Waals surface area contributed by atoms with E-state index in [0.29, 0.717) is 25.5 Å². The third-order valence-corrected chi connectivity index (χ3v) is 6.13. The highest BCUT2D eigenvalue weighted by Crippen LogP contribution is 2.38. The first-order valence-corrected chi connectivity index (χ1v) is 8.92. The summed E-state index contributed by atoms with van der Waals surface area (Å²) in [6.07, 6.45) is 1.63. The molecule has 2 saturated heterocycles. The first-order chi connectivity index (χ1) is 12.3. The van der Waals surface area contributed by atoms with Crippen LogP contribution in [0, 0.1) is 17.5 Å². The number of nitrogens with zero attached hydrogens (tertiary/aromatic N) is 2. The number of carbonyl (C=O) groups is 1. The van der Waals surface area contributed by atoms with Gasteiger partial charge < -0.3 is 15.4 Å². The summed E-state index contributed by atoms with van der Waals surface area (Å²) in [5.74, 6) is -3.31. The van der Waals surface area contributed by atoms with Gasteiger partial charge in [0.25, 0.3) is 0 Å². The van der Waals surface area contributed by atoms with E-state index in [2.05, 4.69) is 4.90 Å². The van der Waals surface area contributed by atoms with Crippen LogP contribution in [0.4, 0.5) is 18.0 Å². The molecule has 2 heterocycles. The van der Waals surface area contributed by atoms with Gasteiger partial charge in [-0.3, -0.25) is 4.90 Å². The van der Waals surface area contributed by atoms with Crippen LogP contribution >= 0.6 is 0 Å². The summed E-state index contributed by atoms with van der Waals surface area (Å²) in [5, 5.41) is 0. The summed E-state index contributed by atoms with van der Waals surface area (Å²) in [5.41, 5.74) is 6.44. The van der Waals surface area contributed by atoms with E-state index in [4.69, 9.17) is 10.5 Å². The molecule has 0 spiro atoms. The maximum absolute atomic E-state index is 14.1. The highest BCUT2D eigenvalue weighted by Gasteiger charge is 2.48. The molecule has 26 heavy (non-hydrogen) atoms. The van der Waals surface area contributed by atoms with Crippen LogP contribution in [-0.4, -0.2) is 60.3 Å². The molecule has 4 rings (SSSR count). The van der Waals surface area contributed by atoms with Crippen LogP contribution in [-0.2, 0) is 4.74 Å². The van der Waals surface area contributed by atoms with Gasteiger partial charge in [0.15, 0.2) is 11.6 Å². The molecule has 5 nitrogen and oxygen atoms in total. The highest BCUT2D eigenvalue weighted by atomic mass is 19.2. The monoisotopic (exact) mass is 369 g/mol. The Labute approximate surface area is 149 Å². The third kappa shape index (κ3) is 2.85. The molecule has 1 unspecified atom stereocenters. The molecule has 1 saturated carbocycles. The van der Waals surface area contributed by atoms with E-state index >= 15 is 0 Å². The van der Waals surface area contributed by atoms with Crippen molar-refractivity contribution in [2.45, 2.75) is 49.4 Å². The number of likely N-dealkylation sites (N-methyl/N-ethyl adjacent to an activating group) is 1. The zero-order valence-corrected chi connectivity index (χ0v) is 14.5. The van der Waals surface area contributed by atoms with Crippen LogP contribution in [0.3, 0.4) is 0 Å². The molecule has 3 fully saturated rings. The zero-order chi connectivity index (χ0) is 18.6. The van der Waals surface area contributed by atoms with Crippen LogP contribution < -0.4 is 5.73 Å². The average Bonchev–Trinajstić information content (AvgIpc) is 3.11. The van der Waals surface area contributed by atoms with Gasteiger partial charge in [0.05, 0.1) is 6.04 Å². The van der Waals surface area contributed by atoms with E-state index in [9.17, 15) is 18.0 Å². The number of likely N-dealkylation sites (tertiary alicyclic amines) is 1. The minimum atomic E-state index is -1.18.